The molecule has 1 N–H and O–H groups in total. The van der Waals surface area contributed by atoms with E-state index in [9.17, 15) is 4.79 Å². The van der Waals surface area contributed by atoms with E-state index in [1.54, 1.807) is 18.0 Å². The number of hydrogen-bond donors (Lipinski definition) is 1. The van der Waals surface area contributed by atoms with E-state index < -0.39 is 5.97 Å². The molecule has 5 heteroatoms. The van der Waals surface area contributed by atoms with E-state index in [0.717, 1.165) is 18.1 Å². The second-order valence-corrected chi connectivity index (χ2v) is 3.43. The Hall–Kier alpha value is -0.970. The fourth-order valence-electron chi connectivity index (χ4n) is 1.08. The molecule has 72 valence electrons. The summed E-state index contributed by atoms with van der Waals surface area (Å²) in [6.45, 7) is 2.73. The van der Waals surface area contributed by atoms with Crippen molar-refractivity contribution < 1.29 is 9.90 Å². The summed E-state index contributed by atoms with van der Waals surface area (Å²) >= 11 is 1.63. The van der Waals surface area contributed by atoms with Gasteiger partial charge in [0.1, 0.15) is 5.82 Å². The van der Waals surface area contributed by atoms with Gasteiger partial charge in [-0.15, -0.1) is 0 Å². The molecule has 0 amide bonds. The molecule has 0 aromatic carbocycles. The lowest BCUT2D eigenvalue weighted by atomic mass is 10.5. The van der Waals surface area contributed by atoms with Crippen molar-refractivity contribution in [3.8, 4) is 0 Å². The average molecular weight is 200 g/mol. The number of hydrogen-bond acceptors (Lipinski definition) is 3. The first-order valence-corrected chi connectivity index (χ1v) is 5.36. The van der Waals surface area contributed by atoms with Gasteiger partial charge >= 0.3 is 5.97 Å². The smallest absolute Gasteiger partial charge is 0.356 e. The Bertz CT molecular complexity index is 309. The lowest BCUT2D eigenvalue weighted by Crippen LogP contribution is -1.98. The van der Waals surface area contributed by atoms with Crippen molar-refractivity contribution in [2.75, 3.05) is 6.26 Å². The first-order chi connectivity index (χ1) is 6.19. The Balaban J connectivity index is 2.96. The molecule has 0 saturated heterocycles. The maximum Gasteiger partial charge on any atom is 0.356 e. The van der Waals surface area contributed by atoms with Gasteiger partial charge in [0.15, 0.2) is 5.69 Å². The van der Waals surface area contributed by atoms with Crippen molar-refractivity contribution in [3.05, 3.63) is 17.7 Å². The summed E-state index contributed by atoms with van der Waals surface area (Å²) in [5.41, 5.74) is 0.130. The molecule has 1 aromatic heterocycles. The van der Waals surface area contributed by atoms with Gasteiger partial charge in [-0.05, 0) is 13.2 Å². The SMILES string of the molecule is CCn1cc(C(=O)O)nc1CSC. The highest BCUT2D eigenvalue weighted by Gasteiger charge is 2.11. The minimum Gasteiger partial charge on any atom is -0.476 e. The first-order valence-electron chi connectivity index (χ1n) is 3.97. The molecule has 0 saturated carbocycles. The van der Waals surface area contributed by atoms with Gasteiger partial charge in [-0.2, -0.15) is 11.8 Å². The molecule has 13 heavy (non-hydrogen) atoms. The Kier molecular flexibility index (Phi) is 3.36. The molecule has 0 bridgehead atoms. The van der Waals surface area contributed by atoms with E-state index in [1.807, 2.05) is 17.7 Å². The third kappa shape index (κ3) is 2.24. The molecule has 4 nitrogen and oxygen atoms in total. The molecule has 0 unspecified atom stereocenters. The molecule has 0 fully saturated rings. The summed E-state index contributed by atoms with van der Waals surface area (Å²) in [5, 5.41) is 8.70. The lowest BCUT2D eigenvalue weighted by Gasteiger charge is -2.00. The lowest BCUT2D eigenvalue weighted by molar-refractivity contribution is 0.0691. The average Bonchev–Trinajstić information content (AvgIpc) is 2.48. The summed E-state index contributed by atoms with van der Waals surface area (Å²) < 4.78 is 1.86. The summed E-state index contributed by atoms with van der Waals surface area (Å²) in [6, 6.07) is 0. The third-order valence-corrected chi connectivity index (χ3v) is 2.24. The Morgan fingerprint density at radius 3 is 2.92 bits per heavy atom. The van der Waals surface area contributed by atoms with Gasteiger partial charge in [0.25, 0.3) is 0 Å². The molecule has 1 aromatic rings. The van der Waals surface area contributed by atoms with Crippen LogP contribution in [-0.4, -0.2) is 26.9 Å². The monoisotopic (exact) mass is 200 g/mol. The van der Waals surface area contributed by atoms with Gasteiger partial charge in [-0.1, -0.05) is 0 Å². The van der Waals surface area contributed by atoms with Crippen molar-refractivity contribution in [2.24, 2.45) is 0 Å². The molecule has 0 spiro atoms. The number of nitrogens with zero attached hydrogens (tertiary/aromatic N) is 2. The first kappa shape index (κ1) is 10.1. The summed E-state index contributed by atoms with van der Waals surface area (Å²) in [5.74, 6) is 0.614. The third-order valence-electron chi connectivity index (χ3n) is 1.69. The van der Waals surface area contributed by atoms with Crippen LogP contribution in [0.1, 0.15) is 23.2 Å². The second-order valence-electron chi connectivity index (χ2n) is 2.57. The van der Waals surface area contributed by atoms with Crippen LogP contribution in [0.2, 0.25) is 0 Å². The van der Waals surface area contributed by atoms with Crippen LogP contribution >= 0.6 is 11.8 Å². The molecule has 1 rings (SSSR count). The molecule has 0 aliphatic carbocycles. The molecule has 0 aliphatic heterocycles. The van der Waals surface area contributed by atoms with Crippen molar-refractivity contribution in [1.82, 2.24) is 9.55 Å². The van der Waals surface area contributed by atoms with E-state index in [4.69, 9.17) is 5.11 Å². The van der Waals surface area contributed by atoms with Crippen LogP contribution in [0.4, 0.5) is 0 Å². The molecule has 0 radical (unpaired) electrons. The van der Waals surface area contributed by atoms with E-state index in [2.05, 4.69) is 4.98 Å². The molecule has 0 aliphatic rings. The highest BCUT2D eigenvalue weighted by atomic mass is 32.2. The zero-order chi connectivity index (χ0) is 9.84. The Morgan fingerprint density at radius 2 is 2.46 bits per heavy atom. The highest BCUT2D eigenvalue weighted by molar-refractivity contribution is 7.97. The maximum absolute atomic E-state index is 10.6. The topological polar surface area (TPSA) is 55.1 Å². The van der Waals surface area contributed by atoms with Crippen LogP contribution < -0.4 is 0 Å². The van der Waals surface area contributed by atoms with Crippen LogP contribution in [-0.2, 0) is 12.3 Å². The van der Waals surface area contributed by atoms with Crippen molar-refractivity contribution >= 4 is 17.7 Å². The van der Waals surface area contributed by atoms with E-state index in [0.29, 0.717) is 0 Å². The minimum atomic E-state index is -0.963. The number of rotatable bonds is 4. The van der Waals surface area contributed by atoms with Crippen LogP contribution in [0.3, 0.4) is 0 Å². The van der Waals surface area contributed by atoms with Gasteiger partial charge in [-0.25, -0.2) is 9.78 Å². The molecular formula is C8H12N2O2S. The van der Waals surface area contributed by atoms with Crippen LogP contribution in [0.25, 0.3) is 0 Å². The van der Waals surface area contributed by atoms with Crippen molar-refractivity contribution in [1.29, 1.82) is 0 Å². The normalized spacial score (nSPS) is 10.3. The van der Waals surface area contributed by atoms with Crippen LogP contribution in [0.15, 0.2) is 6.20 Å². The summed E-state index contributed by atoms with van der Waals surface area (Å²) in [7, 11) is 0. The fourth-order valence-corrected chi connectivity index (χ4v) is 1.56. The zero-order valence-electron chi connectivity index (χ0n) is 7.65. The van der Waals surface area contributed by atoms with Gasteiger partial charge in [0, 0.05) is 12.7 Å². The van der Waals surface area contributed by atoms with Crippen molar-refractivity contribution in [3.63, 3.8) is 0 Å². The fraction of sp³-hybridized carbons (Fsp3) is 0.500. The van der Waals surface area contributed by atoms with Crippen LogP contribution in [0.5, 0.6) is 0 Å². The van der Waals surface area contributed by atoms with E-state index in [1.165, 1.54) is 0 Å². The zero-order valence-corrected chi connectivity index (χ0v) is 8.47. The number of aromatic nitrogens is 2. The number of carbonyl (C=O) groups is 1. The predicted molar refractivity (Wildman–Crippen MR) is 52.1 cm³/mol. The molecule has 0 atom stereocenters. The Morgan fingerprint density at radius 1 is 1.77 bits per heavy atom. The van der Waals surface area contributed by atoms with Gasteiger partial charge < -0.3 is 9.67 Å². The largest absolute Gasteiger partial charge is 0.476 e. The van der Waals surface area contributed by atoms with Gasteiger partial charge in [0.2, 0.25) is 0 Å². The Labute approximate surface area is 81.0 Å². The van der Waals surface area contributed by atoms with Gasteiger partial charge in [0.05, 0.1) is 5.75 Å². The standard InChI is InChI=1S/C8H12N2O2S/c1-3-10-4-6(8(11)12)9-7(10)5-13-2/h4H,3,5H2,1-2H3,(H,11,12). The number of thioether (sulfide) groups is 1. The summed E-state index contributed by atoms with van der Waals surface area (Å²) in [6.07, 6.45) is 3.54. The predicted octanol–water partition coefficient (Wildman–Crippen LogP) is 1.46. The number of carboxylic acid groups (broad SMARTS) is 1. The molecular weight excluding hydrogens is 188 g/mol. The van der Waals surface area contributed by atoms with Crippen LogP contribution in [0, 0.1) is 0 Å². The number of aryl methyl sites for hydroxylation is 1. The van der Waals surface area contributed by atoms with Gasteiger partial charge in [-0.3, -0.25) is 0 Å². The number of aromatic carboxylic acids is 1. The summed E-state index contributed by atoms with van der Waals surface area (Å²) in [4.78, 5) is 14.6. The quantitative estimate of drug-likeness (QED) is 0.799. The highest BCUT2D eigenvalue weighted by Crippen LogP contribution is 2.09. The van der Waals surface area contributed by atoms with Crippen molar-refractivity contribution in [2.45, 2.75) is 19.2 Å². The number of carboxylic acids is 1. The number of imidazole rings is 1. The van der Waals surface area contributed by atoms with E-state index >= 15 is 0 Å². The molecule has 1 heterocycles. The second kappa shape index (κ2) is 4.32. The maximum atomic E-state index is 10.6. The minimum absolute atomic E-state index is 0.130. The van der Waals surface area contributed by atoms with E-state index in [-0.39, 0.29) is 5.69 Å².